The van der Waals surface area contributed by atoms with Crippen LogP contribution >= 0.6 is 0 Å². The number of unbranched alkanes of at least 4 members (excludes halogenated alkanes) is 5. The van der Waals surface area contributed by atoms with Crippen molar-refractivity contribution in [1.29, 1.82) is 0 Å². The number of hydrogen-bond acceptors (Lipinski definition) is 2. The molecule has 1 unspecified atom stereocenters. The Morgan fingerprint density at radius 1 is 1.05 bits per heavy atom. The molecule has 0 bridgehead atoms. The molecule has 1 N–H and O–H groups in total. The van der Waals surface area contributed by atoms with Crippen LogP contribution in [0.25, 0.3) is 0 Å². The van der Waals surface area contributed by atoms with Gasteiger partial charge >= 0.3 is 0 Å². The Morgan fingerprint density at radius 2 is 1.74 bits per heavy atom. The van der Waals surface area contributed by atoms with Crippen molar-refractivity contribution in [1.82, 2.24) is 0 Å². The summed E-state index contributed by atoms with van der Waals surface area (Å²) in [5.41, 5.74) is 1.10. The van der Waals surface area contributed by atoms with Gasteiger partial charge < -0.3 is 9.84 Å². The molecule has 0 heterocycles. The second-order valence-electron chi connectivity index (χ2n) is 5.23. The molecule has 0 saturated heterocycles. The van der Waals surface area contributed by atoms with E-state index in [0.717, 1.165) is 24.2 Å². The maximum Gasteiger partial charge on any atom is 0.122 e. The monoisotopic (exact) mass is 264 g/mol. The summed E-state index contributed by atoms with van der Waals surface area (Å²) in [6.07, 6.45) is 8.96. The molecule has 2 heteroatoms. The molecule has 2 nitrogen and oxygen atoms in total. The van der Waals surface area contributed by atoms with E-state index in [9.17, 15) is 5.11 Å². The summed E-state index contributed by atoms with van der Waals surface area (Å²) in [5.74, 6) is 0.879. The largest absolute Gasteiger partial charge is 0.496 e. The van der Waals surface area contributed by atoms with E-state index in [1.165, 1.54) is 32.1 Å². The molecule has 1 rings (SSSR count). The third-order valence-corrected chi connectivity index (χ3v) is 3.54. The van der Waals surface area contributed by atoms with Crippen LogP contribution in [0.5, 0.6) is 5.75 Å². The Bertz CT molecular complexity index is 336. The minimum Gasteiger partial charge on any atom is -0.496 e. The van der Waals surface area contributed by atoms with E-state index in [1.807, 2.05) is 24.3 Å². The fourth-order valence-corrected chi connectivity index (χ4v) is 2.39. The van der Waals surface area contributed by atoms with Crippen LogP contribution in [0.15, 0.2) is 24.3 Å². The van der Waals surface area contributed by atoms with Crippen LogP contribution in [-0.2, 0) is 6.42 Å². The molecule has 0 fully saturated rings. The summed E-state index contributed by atoms with van der Waals surface area (Å²) >= 11 is 0. The maximum absolute atomic E-state index is 10.1. The van der Waals surface area contributed by atoms with Crippen LogP contribution in [-0.4, -0.2) is 18.3 Å². The average Bonchev–Trinajstić information content (AvgIpc) is 2.43. The van der Waals surface area contributed by atoms with Crippen LogP contribution in [0.3, 0.4) is 0 Å². The highest BCUT2D eigenvalue weighted by atomic mass is 16.5. The minimum absolute atomic E-state index is 0.248. The number of benzene rings is 1. The van der Waals surface area contributed by atoms with Gasteiger partial charge in [0.05, 0.1) is 13.2 Å². The first-order valence-electron chi connectivity index (χ1n) is 7.58. The van der Waals surface area contributed by atoms with Gasteiger partial charge in [0.15, 0.2) is 0 Å². The fraction of sp³-hybridized carbons (Fsp3) is 0.647. The summed E-state index contributed by atoms with van der Waals surface area (Å²) < 4.78 is 5.31. The zero-order valence-electron chi connectivity index (χ0n) is 12.4. The van der Waals surface area contributed by atoms with Gasteiger partial charge in [-0.1, -0.05) is 63.6 Å². The number of para-hydroxylation sites is 1. The minimum atomic E-state index is -0.248. The molecule has 0 amide bonds. The summed E-state index contributed by atoms with van der Waals surface area (Å²) in [5, 5.41) is 10.1. The van der Waals surface area contributed by atoms with E-state index in [0.29, 0.717) is 6.42 Å². The average molecular weight is 264 g/mol. The van der Waals surface area contributed by atoms with Crippen LogP contribution in [0, 0.1) is 0 Å². The number of hydrogen-bond donors (Lipinski definition) is 1. The van der Waals surface area contributed by atoms with Crippen molar-refractivity contribution in [2.24, 2.45) is 0 Å². The number of aliphatic hydroxyl groups excluding tert-OH is 1. The molecule has 0 aromatic heterocycles. The summed E-state index contributed by atoms with van der Waals surface area (Å²) in [6, 6.07) is 7.94. The van der Waals surface area contributed by atoms with Gasteiger partial charge in [0.25, 0.3) is 0 Å². The first kappa shape index (κ1) is 16.0. The van der Waals surface area contributed by atoms with Crippen molar-refractivity contribution < 1.29 is 9.84 Å². The van der Waals surface area contributed by atoms with E-state index < -0.39 is 0 Å². The summed E-state index contributed by atoms with van der Waals surface area (Å²) in [4.78, 5) is 0. The van der Waals surface area contributed by atoms with Crippen molar-refractivity contribution in [2.75, 3.05) is 7.11 Å². The van der Waals surface area contributed by atoms with Gasteiger partial charge in [-0.05, 0) is 18.1 Å². The standard InChI is InChI=1S/C17H28O2/c1-3-4-5-6-7-8-12-16(18)14-15-11-9-10-13-17(15)19-2/h9-11,13,16,18H,3-8,12,14H2,1-2H3. The second-order valence-corrected chi connectivity index (χ2v) is 5.23. The molecule has 19 heavy (non-hydrogen) atoms. The molecule has 1 aromatic rings. The van der Waals surface area contributed by atoms with Crippen LogP contribution < -0.4 is 4.74 Å². The highest BCUT2D eigenvalue weighted by Gasteiger charge is 2.09. The zero-order valence-corrected chi connectivity index (χ0v) is 12.4. The van der Waals surface area contributed by atoms with E-state index in [2.05, 4.69) is 6.92 Å². The Balaban J connectivity index is 2.21. The first-order chi connectivity index (χ1) is 9.27. The van der Waals surface area contributed by atoms with E-state index in [4.69, 9.17) is 4.74 Å². The Morgan fingerprint density at radius 3 is 2.47 bits per heavy atom. The molecule has 0 aliphatic rings. The van der Waals surface area contributed by atoms with Crippen molar-refractivity contribution in [2.45, 2.75) is 64.4 Å². The van der Waals surface area contributed by atoms with Gasteiger partial charge in [-0.2, -0.15) is 0 Å². The van der Waals surface area contributed by atoms with Crippen LogP contribution in [0.2, 0.25) is 0 Å². The molecule has 108 valence electrons. The zero-order chi connectivity index (χ0) is 13.9. The van der Waals surface area contributed by atoms with Crippen molar-refractivity contribution in [3.63, 3.8) is 0 Å². The number of ether oxygens (including phenoxy) is 1. The topological polar surface area (TPSA) is 29.5 Å². The lowest BCUT2D eigenvalue weighted by atomic mass is 10.0. The Kier molecular flexibility index (Phi) is 8.31. The predicted molar refractivity (Wildman–Crippen MR) is 80.7 cm³/mol. The molecule has 1 aromatic carbocycles. The maximum atomic E-state index is 10.1. The van der Waals surface area contributed by atoms with Gasteiger partial charge in [0.2, 0.25) is 0 Å². The van der Waals surface area contributed by atoms with E-state index >= 15 is 0 Å². The SMILES string of the molecule is CCCCCCCCC(O)Cc1ccccc1OC. The van der Waals surface area contributed by atoms with E-state index in [1.54, 1.807) is 7.11 Å². The third kappa shape index (κ3) is 6.63. The quantitative estimate of drug-likeness (QED) is 0.637. The molecule has 0 spiro atoms. The molecule has 1 atom stereocenters. The molecule has 0 saturated carbocycles. The molecule has 0 aliphatic heterocycles. The molecule has 0 aliphatic carbocycles. The molecule has 0 radical (unpaired) electrons. The van der Waals surface area contributed by atoms with Gasteiger partial charge in [0, 0.05) is 6.42 Å². The smallest absolute Gasteiger partial charge is 0.122 e. The lowest BCUT2D eigenvalue weighted by Gasteiger charge is -2.13. The molecular formula is C17H28O2. The van der Waals surface area contributed by atoms with Gasteiger partial charge in [-0.15, -0.1) is 0 Å². The lowest BCUT2D eigenvalue weighted by molar-refractivity contribution is 0.160. The number of rotatable bonds is 10. The second kappa shape index (κ2) is 9.85. The third-order valence-electron chi connectivity index (χ3n) is 3.54. The normalized spacial score (nSPS) is 12.4. The Labute approximate surface area is 117 Å². The van der Waals surface area contributed by atoms with E-state index in [-0.39, 0.29) is 6.10 Å². The number of methoxy groups -OCH3 is 1. The predicted octanol–water partition coefficient (Wildman–Crippen LogP) is 4.35. The first-order valence-corrected chi connectivity index (χ1v) is 7.58. The van der Waals surface area contributed by atoms with Crippen molar-refractivity contribution in [3.05, 3.63) is 29.8 Å². The lowest BCUT2D eigenvalue weighted by Crippen LogP contribution is -2.11. The summed E-state index contributed by atoms with van der Waals surface area (Å²) in [6.45, 7) is 2.23. The Hall–Kier alpha value is -1.02. The van der Waals surface area contributed by atoms with Crippen molar-refractivity contribution >= 4 is 0 Å². The highest BCUT2D eigenvalue weighted by molar-refractivity contribution is 5.33. The van der Waals surface area contributed by atoms with Crippen LogP contribution in [0.4, 0.5) is 0 Å². The van der Waals surface area contributed by atoms with Crippen molar-refractivity contribution in [3.8, 4) is 5.75 Å². The van der Waals surface area contributed by atoms with Gasteiger partial charge in [0.1, 0.15) is 5.75 Å². The van der Waals surface area contributed by atoms with Crippen LogP contribution in [0.1, 0.15) is 57.4 Å². The highest BCUT2D eigenvalue weighted by Crippen LogP contribution is 2.20. The van der Waals surface area contributed by atoms with Gasteiger partial charge in [-0.25, -0.2) is 0 Å². The number of aliphatic hydroxyl groups is 1. The molecular weight excluding hydrogens is 236 g/mol. The van der Waals surface area contributed by atoms with Gasteiger partial charge in [-0.3, -0.25) is 0 Å². The fourth-order valence-electron chi connectivity index (χ4n) is 2.39. The summed E-state index contributed by atoms with van der Waals surface area (Å²) in [7, 11) is 1.68.